The number of piperidine rings is 1. The molecule has 1 aliphatic rings. The fourth-order valence-corrected chi connectivity index (χ4v) is 2.65. The number of rotatable bonds is 2. The van der Waals surface area contributed by atoms with Gasteiger partial charge >= 0.3 is 0 Å². The van der Waals surface area contributed by atoms with Gasteiger partial charge in [-0.2, -0.15) is 15.1 Å². The number of nitrogens with one attached hydrogen (secondary N) is 1. The van der Waals surface area contributed by atoms with Crippen LogP contribution in [0.3, 0.4) is 0 Å². The second-order valence-electron chi connectivity index (χ2n) is 4.47. The highest BCUT2D eigenvalue weighted by molar-refractivity contribution is 6.28. The summed E-state index contributed by atoms with van der Waals surface area (Å²) >= 11 is 5.93. The number of fused-ring (bicyclic) bond motifs is 1. The number of aromatic amines is 1. The van der Waals surface area contributed by atoms with Gasteiger partial charge in [0.25, 0.3) is 0 Å². The highest BCUT2D eigenvalue weighted by atomic mass is 35.5. The molecule has 0 aromatic carbocycles. The minimum Gasteiger partial charge on any atom is -0.394 e. The second-order valence-corrected chi connectivity index (χ2v) is 4.81. The predicted octanol–water partition coefficient (Wildman–Crippen LogP) is 1.36. The maximum atomic E-state index is 9.47. The van der Waals surface area contributed by atoms with E-state index in [1.165, 1.54) is 0 Å². The van der Waals surface area contributed by atoms with Crippen molar-refractivity contribution in [3.05, 3.63) is 11.5 Å². The van der Waals surface area contributed by atoms with Gasteiger partial charge in [0.05, 0.1) is 24.2 Å². The zero-order chi connectivity index (χ0) is 12.5. The molecule has 0 spiro atoms. The van der Waals surface area contributed by atoms with E-state index in [0.29, 0.717) is 5.65 Å². The lowest BCUT2D eigenvalue weighted by molar-refractivity contribution is 0.239. The summed E-state index contributed by atoms with van der Waals surface area (Å²) in [5.41, 5.74) is 0.632. The molecule has 0 bridgehead atoms. The predicted molar refractivity (Wildman–Crippen MR) is 68.8 cm³/mol. The number of hydrogen-bond donors (Lipinski definition) is 2. The third-order valence-corrected chi connectivity index (χ3v) is 3.54. The van der Waals surface area contributed by atoms with Crippen LogP contribution >= 0.6 is 11.6 Å². The molecule has 96 valence electrons. The lowest BCUT2D eigenvalue weighted by Crippen LogP contribution is -2.42. The van der Waals surface area contributed by atoms with Crippen LogP contribution in [0.5, 0.6) is 0 Å². The maximum Gasteiger partial charge on any atom is 0.226 e. The van der Waals surface area contributed by atoms with Crippen LogP contribution in [-0.2, 0) is 0 Å². The van der Waals surface area contributed by atoms with E-state index in [0.717, 1.165) is 37.0 Å². The fraction of sp³-hybridized carbons (Fsp3) is 0.545. The lowest BCUT2D eigenvalue weighted by Gasteiger charge is -2.35. The smallest absolute Gasteiger partial charge is 0.226 e. The molecular formula is C11H14ClN5O. The average Bonchev–Trinajstić information content (AvgIpc) is 2.85. The molecule has 1 unspecified atom stereocenters. The minimum atomic E-state index is 0.0998. The van der Waals surface area contributed by atoms with Crippen LogP contribution < -0.4 is 4.90 Å². The van der Waals surface area contributed by atoms with Gasteiger partial charge in [0, 0.05) is 6.54 Å². The van der Waals surface area contributed by atoms with E-state index in [9.17, 15) is 5.11 Å². The van der Waals surface area contributed by atoms with Crippen molar-refractivity contribution in [2.45, 2.75) is 25.3 Å². The van der Waals surface area contributed by atoms with Crippen LogP contribution in [0.15, 0.2) is 6.20 Å². The summed E-state index contributed by atoms with van der Waals surface area (Å²) in [6, 6.07) is 0.0998. The van der Waals surface area contributed by atoms with Gasteiger partial charge in [-0.3, -0.25) is 5.10 Å². The van der Waals surface area contributed by atoms with Crippen molar-refractivity contribution in [3.8, 4) is 0 Å². The Balaban J connectivity index is 2.08. The Bertz CT molecular complexity index is 557. The molecule has 18 heavy (non-hydrogen) atoms. The molecule has 2 aromatic heterocycles. The molecule has 6 nitrogen and oxygen atoms in total. The van der Waals surface area contributed by atoms with Gasteiger partial charge in [-0.25, -0.2) is 0 Å². The van der Waals surface area contributed by atoms with E-state index in [2.05, 4.69) is 25.1 Å². The number of H-pyrrole nitrogens is 1. The second kappa shape index (κ2) is 4.70. The molecule has 0 aliphatic carbocycles. The quantitative estimate of drug-likeness (QED) is 0.804. The number of halogens is 1. The first-order valence-electron chi connectivity index (χ1n) is 6.03. The molecule has 2 aromatic rings. The third kappa shape index (κ3) is 1.91. The molecule has 1 fully saturated rings. The minimum absolute atomic E-state index is 0.0998. The molecule has 2 N–H and O–H groups in total. The Hall–Kier alpha value is -1.40. The van der Waals surface area contributed by atoms with E-state index in [1.807, 2.05) is 0 Å². The van der Waals surface area contributed by atoms with Crippen molar-refractivity contribution in [2.24, 2.45) is 0 Å². The number of aliphatic hydroxyl groups is 1. The van der Waals surface area contributed by atoms with Gasteiger partial charge in [-0.15, -0.1) is 0 Å². The van der Waals surface area contributed by atoms with Crippen molar-refractivity contribution in [3.63, 3.8) is 0 Å². The Kier molecular flexibility index (Phi) is 3.05. The van der Waals surface area contributed by atoms with Crippen LogP contribution in [0.2, 0.25) is 5.28 Å². The summed E-state index contributed by atoms with van der Waals surface area (Å²) in [5, 5.41) is 17.3. The van der Waals surface area contributed by atoms with Gasteiger partial charge in [-0.1, -0.05) is 0 Å². The van der Waals surface area contributed by atoms with Gasteiger partial charge in [0.2, 0.25) is 5.28 Å². The summed E-state index contributed by atoms with van der Waals surface area (Å²) in [6.45, 7) is 1.000. The van der Waals surface area contributed by atoms with Gasteiger partial charge in [0.1, 0.15) is 5.82 Å². The van der Waals surface area contributed by atoms with E-state index in [1.54, 1.807) is 6.20 Å². The van der Waals surface area contributed by atoms with Crippen molar-refractivity contribution < 1.29 is 5.11 Å². The van der Waals surface area contributed by atoms with Gasteiger partial charge in [-0.05, 0) is 30.9 Å². The van der Waals surface area contributed by atoms with Crippen molar-refractivity contribution in [2.75, 3.05) is 18.1 Å². The first-order valence-corrected chi connectivity index (χ1v) is 6.41. The summed E-state index contributed by atoms with van der Waals surface area (Å²) in [6.07, 6.45) is 4.90. The molecule has 1 aliphatic heterocycles. The summed E-state index contributed by atoms with van der Waals surface area (Å²) < 4.78 is 0. The number of aliphatic hydroxyl groups excluding tert-OH is 1. The summed E-state index contributed by atoms with van der Waals surface area (Å²) in [4.78, 5) is 10.5. The molecule has 0 saturated carbocycles. The first kappa shape index (κ1) is 11.7. The summed E-state index contributed by atoms with van der Waals surface area (Å²) in [5.74, 6) is 0.762. The molecule has 1 atom stereocenters. The lowest BCUT2D eigenvalue weighted by atomic mass is 10.0. The molecule has 7 heteroatoms. The van der Waals surface area contributed by atoms with Gasteiger partial charge in [0.15, 0.2) is 5.65 Å². The molecular weight excluding hydrogens is 254 g/mol. The topological polar surface area (TPSA) is 77.9 Å². The number of nitrogens with zero attached hydrogens (tertiary/aromatic N) is 4. The third-order valence-electron chi connectivity index (χ3n) is 3.37. The Morgan fingerprint density at radius 2 is 2.33 bits per heavy atom. The van der Waals surface area contributed by atoms with Crippen LogP contribution in [0.25, 0.3) is 11.0 Å². The van der Waals surface area contributed by atoms with Gasteiger partial charge < -0.3 is 10.0 Å². The molecule has 0 radical (unpaired) electrons. The van der Waals surface area contributed by atoms with E-state index in [-0.39, 0.29) is 17.9 Å². The zero-order valence-electron chi connectivity index (χ0n) is 9.80. The van der Waals surface area contributed by atoms with Crippen LogP contribution in [0, 0.1) is 0 Å². The normalized spacial score (nSPS) is 20.6. The Morgan fingerprint density at radius 1 is 1.44 bits per heavy atom. The first-order chi connectivity index (χ1) is 8.79. The van der Waals surface area contributed by atoms with Crippen molar-refractivity contribution in [1.82, 2.24) is 20.2 Å². The molecule has 0 amide bonds. The number of anilines is 1. The fourth-order valence-electron chi connectivity index (χ4n) is 2.48. The van der Waals surface area contributed by atoms with Crippen molar-refractivity contribution in [1.29, 1.82) is 0 Å². The molecule has 3 heterocycles. The molecule has 3 rings (SSSR count). The zero-order valence-corrected chi connectivity index (χ0v) is 10.6. The number of aromatic nitrogens is 4. The number of hydrogen-bond acceptors (Lipinski definition) is 5. The highest BCUT2D eigenvalue weighted by Gasteiger charge is 2.25. The van der Waals surface area contributed by atoms with E-state index >= 15 is 0 Å². The SMILES string of the molecule is OCC1CCCCN1c1nc(Cl)nc2[nH]ncc12. The van der Waals surface area contributed by atoms with Crippen molar-refractivity contribution >= 4 is 28.5 Å². The Labute approximate surface area is 109 Å². The van der Waals surface area contributed by atoms with E-state index in [4.69, 9.17) is 11.6 Å². The van der Waals surface area contributed by atoms with Crippen LogP contribution in [0.1, 0.15) is 19.3 Å². The highest BCUT2D eigenvalue weighted by Crippen LogP contribution is 2.29. The van der Waals surface area contributed by atoms with Crippen LogP contribution in [0.4, 0.5) is 5.82 Å². The Morgan fingerprint density at radius 3 is 3.17 bits per heavy atom. The largest absolute Gasteiger partial charge is 0.394 e. The molecule has 1 saturated heterocycles. The van der Waals surface area contributed by atoms with Crippen LogP contribution in [-0.4, -0.2) is 44.5 Å². The summed E-state index contributed by atoms with van der Waals surface area (Å²) in [7, 11) is 0. The monoisotopic (exact) mass is 267 g/mol. The standard InChI is InChI=1S/C11H14ClN5O/c12-11-14-9-8(5-13-16-9)10(15-11)17-4-2-1-3-7(17)6-18/h5,7,18H,1-4,6H2,(H,13,14,15,16). The maximum absolute atomic E-state index is 9.47. The van der Waals surface area contributed by atoms with E-state index < -0.39 is 0 Å². The average molecular weight is 268 g/mol.